The fraction of sp³-hybridized carbons (Fsp3) is 0.294. The molecule has 2 heterocycles. The molecule has 0 amide bonds. The molecule has 0 radical (unpaired) electrons. The number of benzene rings is 1. The normalized spacial score (nSPS) is 17.3. The molecular formula is C17H20N2O4. The van der Waals surface area contributed by atoms with Gasteiger partial charge in [0.05, 0.1) is 0 Å². The lowest BCUT2D eigenvalue weighted by molar-refractivity contribution is 0.0693. The molecule has 6 nitrogen and oxygen atoms in total. The monoisotopic (exact) mass is 316 g/mol. The standard InChI is InChI=1S/C10H14N2.C7H6O4/c1-12-7-3-5-10(12)9-4-2-6-11-8-9;8-4-1-2-5(7(10)11)6(9)3-4/h2,4,6,8,10H,3,5,7H2,1H3;1-3,8-9H,(H,10,11). The van der Waals surface area contributed by atoms with Crippen molar-refractivity contribution in [3.8, 4) is 11.5 Å². The molecule has 6 heteroatoms. The van der Waals surface area contributed by atoms with Gasteiger partial charge in [-0.1, -0.05) is 6.07 Å². The smallest absolute Gasteiger partial charge is 0.339 e. The van der Waals surface area contributed by atoms with E-state index in [2.05, 4.69) is 23.0 Å². The van der Waals surface area contributed by atoms with Gasteiger partial charge in [0.1, 0.15) is 17.1 Å². The fourth-order valence-electron chi connectivity index (χ4n) is 2.61. The van der Waals surface area contributed by atoms with Crippen molar-refractivity contribution < 1.29 is 20.1 Å². The number of rotatable bonds is 2. The minimum atomic E-state index is -1.22. The third-order valence-corrected chi connectivity index (χ3v) is 3.80. The van der Waals surface area contributed by atoms with Crippen LogP contribution in [0.1, 0.15) is 34.8 Å². The average Bonchev–Trinajstić information content (AvgIpc) is 2.94. The Kier molecular flexibility index (Phi) is 5.54. The molecule has 0 saturated carbocycles. The molecule has 0 spiro atoms. The van der Waals surface area contributed by atoms with E-state index < -0.39 is 11.7 Å². The van der Waals surface area contributed by atoms with E-state index in [1.54, 1.807) is 0 Å². The quantitative estimate of drug-likeness (QED) is 0.788. The summed E-state index contributed by atoms with van der Waals surface area (Å²) in [5.41, 5.74) is 1.14. The highest BCUT2D eigenvalue weighted by Gasteiger charge is 2.21. The lowest BCUT2D eigenvalue weighted by Gasteiger charge is -2.18. The molecule has 3 N–H and O–H groups in total. The summed E-state index contributed by atoms with van der Waals surface area (Å²) in [6, 6.07) is 8.10. The van der Waals surface area contributed by atoms with E-state index in [0.717, 1.165) is 12.1 Å². The number of aromatic carboxylic acids is 1. The predicted octanol–water partition coefficient (Wildman–Crippen LogP) is 2.64. The van der Waals surface area contributed by atoms with E-state index in [0.29, 0.717) is 6.04 Å². The Bertz CT molecular complexity index is 661. The molecule has 0 aliphatic carbocycles. The molecule has 1 fully saturated rings. The zero-order valence-electron chi connectivity index (χ0n) is 12.9. The van der Waals surface area contributed by atoms with E-state index in [1.165, 1.54) is 31.0 Å². The van der Waals surface area contributed by atoms with E-state index in [9.17, 15) is 4.79 Å². The van der Waals surface area contributed by atoms with Gasteiger partial charge in [-0.05, 0) is 50.2 Å². The van der Waals surface area contributed by atoms with Gasteiger partial charge in [0.2, 0.25) is 0 Å². The zero-order valence-corrected chi connectivity index (χ0v) is 12.9. The predicted molar refractivity (Wildman–Crippen MR) is 85.6 cm³/mol. The molecule has 1 aromatic heterocycles. The Morgan fingerprint density at radius 1 is 1.30 bits per heavy atom. The first-order valence-electron chi connectivity index (χ1n) is 7.34. The van der Waals surface area contributed by atoms with E-state index in [4.69, 9.17) is 15.3 Å². The van der Waals surface area contributed by atoms with Gasteiger partial charge in [0.25, 0.3) is 0 Å². The van der Waals surface area contributed by atoms with Crippen LogP contribution in [-0.2, 0) is 0 Å². The van der Waals surface area contributed by atoms with Crippen LogP contribution in [0.2, 0.25) is 0 Å². The van der Waals surface area contributed by atoms with Crippen LogP contribution in [0.4, 0.5) is 0 Å². The van der Waals surface area contributed by atoms with Crippen molar-refractivity contribution in [2.75, 3.05) is 13.6 Å². The Balaban J connectivity index is 0.000000168. The van der Waals surface area contributed by atoms with Crippen LogP contribution in [0.5, 0.6) is 11.5 Å². The van der Waals surface area contributed by atoms with Gasteiger partial charge in [-0.3, -0.25) is 9.88 Å². The maximum Gasteiger partial charge on any atom is 0.339 e. The van der Waals surface area contributed by atoms with Gasteiger partial charge in [-0.2, -0.15) is 0 Å². The van der Waals surface area contributed by atoms with Crippen LogP contribution in [0.15, 0.2) is 42.7 Å². The number of carboxylic acids is 1. The number of pyridine rings is 1. The molecule has 1 unspecified atom stereocenters. The summed E-state index contributed by atoms with van der Waals surface area (Å²) in [5, 5.41) is 26.1. The molecule has 0 bridgehead atoms. The van der Waals surface area contributed by atoms with E-state index >= 15 is 0 Å². The van der Waals surface area contributed by atoms with Crippen molar-refractivity contribution in [3.05, 3.63) is 53.9 Å². The lowest BCUT2D eigenvalue weighted by atomic mass is 10.1. The first-order valence-corrected chi connectivity index (χ1v) is 7.34. The highest BCUT2D eigenvalue weighted by Crippen LogP contribution is 2.29. The van der Waals surface area contributed by atoms with Crippen LogP contribution < -0.4 is 0 Å². The number of nitrogens with zero attached hydrogens (tertiary/aromatic N) is 2. The number of hydrogen-bond acceptors (Lipinski definition) is 5. The van der Waals surface area contributed by atoms with Gasteiger partial charge >= 0.3 is 5.97 Å². The highest BCUT2D eigenvalue weighted by molar-refractivity contribution is 5.90. The van der Waals surface area contributed by atoms with Crippen molar-refractivity contribution in [3.63, 3.8) is 0 Å². The van der Waals surface area contributed by atoms with Crippen LogP contribution in [0, 0.1) is 0 Å². The topological polar surface area (TPSA) is 93.9 Å². The molecular weight excluding hydrogens is 296 g/mol. The van der Waals surface area contributed by atoms with Crippen molar-refractivity contribution in [1.29, 1.82) is 0 Å². The van der Waals surface area contributed by atoms with Crippen LogP contribution in [0.25, 0.3) is 0 Å². The zero-order chi connectivity index (χ0) is 16.8. The van der Waals surface area contributed by atoms with E-state index in [1.807, 2.05) is 18.5 Å². The molecule has 1 atom stereocenters. The number of carbonyl (C=O) groups is 1. The number of hydrogen-bond donors (Lipinski definition) is 3. The number of phenols is 2. The molecule has 1 aliphatic rings. The summed E-state index contributed by atoms with van der Waals surface area (Å²) < 4.78 is 0. The van der Waals surface area contributed by atoms with Crippen LogP contribution >= 0.6 is 0 Å². The summed E-state index contributed by atoms with van der Waals surface area (Å²) in [6.07, 6.45) is 6.41. The second kappa shape index (κ2) is 7.60. The molecule has 1 aromatic carbocycles. The molecule has 1 aliphatic heterocycles. The van der Waals surface area contributed by atoms with Crippen molar-refractivity contribution in [2.24, 2.45) is 0 Å². The molecule has 1 saturated heterocycles. The van der Waals surface area contributed by atoms with Crippen molar-refractivity contribution >= 4 is 5.97 Å². The van der Waals surface area contributed by atoms with Crippen molar-refractivity contribution in [2.45, 2.75) is 18.9 Å². The van der Waals surface area contributed by atoms with Gasteiger partial charge in [-0.15, -0.1) is 0 Å². The SMILES string of the molecule is CN1CCCC1c1cccnc1.O=C(O)c1ccc(O)cc1O. The first kappa shape index (κ1) is 16.8. The minimum absolute atomic E-state index is 0.160. The Labute approximate surface area is 134 Å². The Morgan fingerprint density at radius 2 is 2.09 bits per heavy atom. The summed E-state index contributed by atoms with van der Waals surface area (Å²) in [4.78, 5) is 16.8. The first-order chi connectivity index (χ1) is 11.0. The summed E-state index contributed by atoms with van der Waals surface area (Å²) in [6.45, 7) is 1.22. The van der Waals surface area contributed by atoms with E-state index in [-0.39, 0.29) is 11.3 Å². The van der Waals surface area contributed by atoms with Crippen LogP contribution in [0.3, 0.4) is 0 Å². The second-order valence-corrected chi connectivity index (χ2v) is 5.43. The summed E-state index contributed by atoms with van der Waals surface area (Å²) in [5.74, 6) is -1.81. The summed E-state index contributed by atoms with van der Waals surface area (Å²) >= 11 is 0. The molecule has 23 heavy (non-hydrogen) atoms. The third kappa shape index (κ3) is 4.43. The Hall–Kier alpha value is -2.60. The average molecular weight is 316 g/mol. The maximum absolute atomic E-state index is 10.3. The van der Waals surface area contributed by atoms with Crippen molar-refractivity contribution in [1.82, 2.24) is 9.88 Å². The highest BCUT2D eigenvalue weighted by atomic mass is 16.4. The number of likely N-dealkylation sites (tertiary alicyclic amines) is 1. The molecule has 2 aromatic rings. The number of carboxylic acid groups (broad SMARTS) is 1. The molecule has 122 valence electrons. The van der Waals surface area contributed by atoms with Crippen LogP contribution in [-0.4, -0.2) is 44.8 Å². The molecule has 3 rings (SSSR count). The van der Waals surface area contributed by atoms with Gasteiger partial charge in [0.15, 0.2) is 0 Å². The maximum atomic E-state index is 10.3. The number of aromatic hydroxyl groups is 2. The van der Waals surface area contributed by atoms with Gasteiger partial charge < -0.3 is 15.3 Å². The Morgan fingerprint density at radius 3 is 2.61 bits per heavy atom. The minimum Gasteiger partial charge on any atom is -0.508 e. The number of aromatic nitrogens is 1. The fourth-order valence-corrected chi connectivity index (χ4v) is 2.61. The second-order valence-electron chi connectivity index (χ2n) is 5.43. The number of phenolic OH excluding ortho intramolecular Hbond substituents is 1. The third-order valence-electron chi connectivity index (χ3n) is 3.80. The lowest BCUT2D eigenvalue weighted by Crippen LogP contribution is -2.17. The summed E-state index contributed by atoms with van der Waals surface area (Å²) in [7, 11) is 2.19. The van der Waals surface area contributed by atoms with Gasteiger partial charge in [-0.25, -0.2) is 4.79 Å². The largest absolute Gasteiger partial charge is 0.508 e. The van der Waals surface area contributed by atoms with Gasteiger partial charge in [0, 0.05) is 24.5 Å².